The third kappa shape index (κ3) is 4.01. The molecule has 7 nitrogen and oxygen atoms in total. The first-order valence-corrected chi connectivity index (χ1v) is 9.26. The van der Waals surface area contributed by atoms with Gasteiger partial charge in [0.1, 0.15) is 0 Å². The third-order valence-electron chi connectivity index (χ3n) is 3.11. The van der Waals surface area contributed by atoms with E-state index in [9.17, 15) is 9.59 Å². The first-order valence-electron chi connectivity index (χ1n) is 7.02. The van der Waals surface area contributed by atoms with Gasteiger partial charge in [0, 0.05) is 5.56 Å². The fourth-order valence-electron chi connectivity index (χ4n) is 1.96. The Balaban J connectivity index is 1.63. The van der Waals surface area contributed by atoms with Gasteiger partial charge in [0.25, 0.3) is 5.91 Å². The topological polar surface area (TPSA) is 103 Å². The standard InChI is InChI=1S/C15H12ClN5O2S2/c16-10-5-2-1-4-9(10)13-19-20-15(21(13)17)25-8-12(22)18-14(23)11-6-3-7-24-11/h1-7H,8,17H2,(H,18,22,23). The summed E-state index contributed by atoms with van der Waals surface area (Å²) in [5.41, 5.74) is 0.642. The van der Waals surface area contributed by atoms with Crippen LogP contribution < -0.4 is 11.2 Å². The Morgan fingerprint density at radius 1 is 1.24 bits per heavy atom. The Morgan fingerprint density at radius 3 is 2.76 bits per heavy atom. The summed E-state index contributed by atoms with van der Waals surface area (Å²) in [4.78, 5) is 24.2. The summed E-state index contributed by atoms with van der Waals surface area (Å²) in [6, 6.07) is 10.5. The van der Waals surface area contributed by atoms with Gasteiger partial charge in [-0.2, -0.15) is 0 Å². The molecule has 0 saturated heterocycles. The summed E-state index contributed by atoms with van der Waals surface area (Å²) in [5.74, 6) is 5.49. The zero-order valence-corrected chi connectivity index (χ0v) is 15.1. The zero-order valence-electron chi connectivity index (χ0n) is 12.7. The maximum absolute atomic E-state index is 11.9. The number of hydrogen-bond donors (Lipinski definition) is 2. The van der Waals surface area contributed by atoms with Crippen molar-refractivity contribution in [2.24, 2.45) is 0 Å². The number of nitrogen functional groups attached to an aromatic ring is 1. The number of amides is 2. The number of nitrogens with two attached hydrogens (primary N) is 1. The zero-order chi connectivity index (χ0) is 17.8. The Labute approximate surface area is 156 Å². The average Bonchev–Trinajstić information content (AvgIpc) is 3.24. The van der Waals surface area contributed by atoms with Crippen molar-refractivity contribution in [1.82, 2.24) is 20.2 Å². The molecule has 2 amide bonds. The van der Waals surface area contributed by atoms with Crippen molar-refractivity contribution >= 4 is 46.5 Å². The van der Waals surface area contributed by atoms with Gasteiger partial charge >= 0.3 is 0 Å². The lowest BCUT2D eigenvalue weighted by Crippen LogP contribution is -2.31. The predicted octanol–water partition coefficient (Wildman–Crippen LogP) is 2.42. The fraction of sp³-hybridized carbons (Fsp3) is 0.0667. The minimum Gasteiger partial charge on any atom is -0.335 e. The van der Waals surface area contributed by atoms with Gasteiger partial charge in [-0.3, -0.25) is 14.9 Å². The van der Waals surface area contributed by atoms with E-state index in [1.165, 1.54) is 16.0 Å². The number of thiophene rings is 1. The summed E-state index contributed by atoms with van der Waals surface area (Å²) in [6.07, 6.45) is 0. The maximum atomic E-state index is 11.9. The van der Waals surface area contributed by atoms with Crippen LogP contribution in [0.5, 0.6) is 0 Å². The SMILES string of the molecule is Nn1c(SCC(=O)NC(=O)c2cccs2)nnc1-c1ccccc1Cl. The number of aromatic nitrogens is 3. The van der Waals surface area contributed by atoms with Gasteiger partial charge < -0.3 is 5.84 Å². The van der Waals surface area contributed by atoms with E-state index in [0.29, 0.717) is 26.4 Å². The van der Waals surface area contributed by atoms with Gasteiger partial charge in [0.2, 0.25) is 11.1 Å². The molecule has 2 heterocycles. The van der Waals surface area contributed by atoms with Crippen LogP contribution in [-0.2, 0) is 4.79 Å². The maximum Gasteiger partial charge on any atom is 0.267 e. The van der Waals surface area contributed by atoms with Gasteiger partial charge in [-0.05, 0) is 23.6 Å². The molecule has 0 unspecified atom stereocenters. The Kier molecular flexibility index (Phi) is 5.37. The lowest BCUT2D eigenvalue weighted by molar-refractivity contribution is -0.117. The number of benzene rings is 1. The molecule has 0 radical (unpaired) electrons. The van der Waals surface area contributed by atoms with E-state index in [2.05, 4.69) is 15.5 Å². The molecule has 128 valence electrons. The molecule has 0 aliphatic rings. The number of hydrogen-bond acceptors (Lipinski definition) is 7. The van der Waals surface area contributed by atoms with Crippen molar-refractivity contribution in [2.45, 2.75) is 5.16 Å². The van der Waals surface area contributed by atoms with Crippen LogP contribution in [0.3, 0.4) is 0 Å². The number of imide groups is 1. The molecule has 10 heteroatoms. The van der Waals surface area contributed by atoms with E-state index in [-0.39, 0.29) is 5.75 Å². The number of rotatable bonds is 5. The highest BCUT2D eigenvalue weighted by Gasteiger charge is 2.17. The van der Waals surface area contributed by atoms with Crippen LogP contribution in [0.2, 0.25) is 5.02 Å². The lowest BCUT2D eigenvalue weighted by Gasteiger charge is -2.05. The second-order valence-corrected chi connectivity index (χ2v) is 7.10. The number of carbonyl (C=O) groups excluding carboxylic acids is 2. The van der Waals surface area contributed by atoms with Crippen molar-refractivity contribution in [3.63, 3.8) is 0 Å². The molecule has 1 aromatic carbocycles. The van der Waals surface area contributed by atoms with Crippen LogP contribution in [-0.4, -0.2) is 32.4 Å². The third-order valence-corrected chi connectivity index (χ3v) is 5.25. The van der Waals surface area contributed by atoms with E-state index in [4.69, 9.17) is 17.4 Å². The summed E-state index contributed by atoms with van der Waals surface area (Å²) in [7, 11) is 0. The molecule has 0 spiro atoms. The van der Waals surface area contributed by atoms with Crippen LogP contribution in [0, 0.1) is 0 Å². The number of nitrogens with zero attached hydrogens (tertiary/aromatic N) is 3. The van der Waals surface area contributed by atoms with Crippen molar-refractivity contribution in [1.29, 1.82) is 0 Å². The summed E-state index contributed by atoms with van der Waals surface area (Å²) >= 11 is 8.47. The van der Waals surface area contributed by atoms with E-state index in [1.807, 2.05) is 6.07 Å². The average molecular weight is 394 g/mol. The predicted molar refractivity (Wildman–Crippen MR) is 98.1 cm³/mol. The molecule has 0 aliphatic carbocycles. The molecular weight excluding hydrogens is 382 g/mol. The quantitative estimate of drug-likeness (QED) is 0.509. The molecule has 0 bridgehead atoms. The van der Waals surface area contributed by atoms with Gasteiger partial charge in [0.05, 0.1) is 15.7 Å². The van der Waals surface area contributed by atoms with Crippen LogP contribution in [0.25, 0.3) is 11.4 Å². The molecule has 0 fully saturated rings. The van der Waals surface area contributed by atoms with Crippen LogP contribution in [0.1, 0.15) is 9.67 Å². The monoisotopic (exact) mass is 393 g/mol. The fourth-order valence-corrected chi connectivity index (χ4v) is 3.46. The highest BCUT2D eigenvalue weighted by Crippen LogP contribution is 2.27. The van der Waals surface area contributed by atoms with Crippen molar-refractivity contribution in [3.05, 3.63) is 51.7 Å². The molecule has 0 saturated carbocycles. The minimum atomic E-state index is -0.439. The van der Waals surface area contributed by atoms with E-state index in [1.54, 1.807) is 35.7 Å². The molecule has 2 aromatic heterocycles. The van der Waals surface area contributed by atoms with Crippen molar-refractivity contribution in [2.75, 3.05) is 11.6 Å². The second-order valence-electron chi connectivity index (χ2n) is 4.80. The van der Waals surface area contributed by atoms with Gasteiger partial charge in [-0.1, -0.05) is 41.6 Å². The smallest absolute Gasteiger partial charge is 0.267 e. The Morgan fingerprint density at radius 2 is 2.04 bits per heavy atom. The van der Waals surface area contributed by atoms with Gasteiger partial charge in [-0.15, -0.1) is 21.5 Å². The Hall–Kier alpha value is -2.36. The van der Waals surface area contributed by atoms with Gasteiger partial charge in [-0.25, -0.2) is 4.68 Å². The van der Waals surface area contributed by atoms with E-state index in [0.717, 1.165) is 11.8 Å². The highest BCUT2D eigenvalue weighted by atomic mass is 35.5. The van der Waals surface area contributed by atoms with E-state index >= 15 is 0 Å². The molecule has 25 heavy (non-hydrogen) atoms. The first-order chi connectivity index (χ1) is 12.1. The summed E-state index contributed by atoms with van der Waals surface area (Å²) < 4.78 is 1.26. The van der Waals surface area contributed by atoms with Gasteiger partial charge in [0.15, 0.2) is 5.82 Å². The highest BCUT2D eigenvalue weighted by molar-refractivity contribution is 7.99. The number of thioether (sulfide) groups is 1. The molecule has 3 N–H and O–H groups in total. The second kappa shape index (κ2) is 7.68. The lowest BCUT2D eigenvalue weighted by atomic mass is 10.2. The number of carbonyl (C=O) groups is 2. The van der Waals surface area contributed by atoms with Crippen LogP contribution in [0.15, 0.2) is 46.9 Å². The number of nitrogens with one attached hydrogen (secondary N) is 1. The summed E-state index contributed by atoms with van der Waals surface area (Å²) in [6.45, 7) is 0. The molecule has 3 aromatic rings. The first kappa shape index (κ1) is 17.5. The summed E-state index contributed by atoms with van der Waals surface area (Å²) in [5, 5.41) is 12.9. The molecule has 3 rings (SSSR count). The van der Waals surface area contributed by atoms with Crippen LogP contribution in [0.4, 0.5) is 0 Å². The molecule has 0 atom stereocenters. The number of halogens is 1. The van der Waals surface area contributed by atoms with Crippen molar-refractivity contribution in [3.8, 4) is 11.4 Å². The molecular formula is C15H12ClN5O2S2. The molecule has 0 aliphatic heterocycles. The largest absolute Gasteiger partial charge is 0.335 e. The van der Waals surface area contributed by atoms with Crippen LogP contribution >= 0.6 is 34.7 Å². The van der Waals surface area contributed by atoms with E-state index < -0.39 is 11.8 Å². The minimum absolute atomic E-state index is 0.0189. The van der Waals surface area contributed by atoms with Crippen molar-refractivity contribution < 1.29 is 9.59 Å². The Bertz CT molecular complexity index is 911. The normalized spacial score (nSPS) is 10.6.